The number of carbonyl (C=O) groups is 3. The lowest BCUT2D eigenvalue weighted by atomic mass is 10.0. The summed E-state index contributed by atoms with van der Waals surface area (Å²) in [5, 5.41) is 0. The number of hydrogen-bond acceptors (Lipinski definition) is 8. The van der Waals surface area contributed by atoms with E-state index < -0.39 is 28.3 Å². The highest BCUT2D eigenvalue weighted by Crippen LogP contribution is 2.35. The number of carbonyl (C=O) groups excluding carboxylic acids is 3. The van der Waals surface area contributed by atoms with E-state index in [1.807, 2.05) is 11.0 Å². The summed E-state index contributed by atoms with van der Waals surface area (Å²) in [4.78, 5) is 44.6. The van der Waals surface area contributed by atoms with Crippen LogP contribution < -0.4 is 15.1 Å². The third-order valence-electron chi connectivity index (χ3n) is 6.82. The van der Waals surface area contributed by atoms with E-state index in [0.29, 0.717) is 43.0 Å². The van der Waals surface area contributed by atoms with Gasteiger partial charge < -0.3 is 20.1 Å². The number of pyridine rings is 1. The average Bonchev–Trinajstić information content (AvgIpc) is 3.26. The van der Waals surface area contributed by atoms with Gasteiger partial charge in [-0.2, -0.15) is 9.28 Å². The fourth-order valence-corrected chi connectivity index (χ4v) is 4.61. The topological polar surface area (TPSA) is 115 Å². The van der Waals surface area contributed by atoms with Gasteiger partial charge in [0, 0.05) is 55.6 Å². The molecular formula is C24H29FN5O5+. The Morgan fingerprint density at radius 1 is 1.23 bits per heavy atom. The molecule has 2 aliphatic rings. The van der Waals surface area contributed by atoms with Crippen LogP contribution in [0.4, 0.5) is 20.7 Å². The average molecular weight is 487 g/mol. The summed E-state index contributed by atoms with van der Waals surface area (Å²) < 4.78 is 24.6. The molecule has 2 aromatic rings. The Morgan fingerprint density at radius 2 is 1.97 bits per heavy atom. The molecule has 1 aromatic carbocycles. The number of rotatable bonds is 7. The van der Waals surface area contributed by atoms with Crippen molar-refractivity contribution in [1.29, 1.82) is 0 Å². The van der Waals surface area contributed by atoms with Crippen LogP contribution in [-0.2, 0) is 19.1 Å². The molecule has 4 rings (SSSR count). The molecule has 3 heterocycles. The van der Waals surface area contributed by atoms with Gasteiger partial charge in [-0.1, -0.05) is 0 Å². The minimum atomic E-state index is -0.899. The van der Waals surface area contributed by atoms with E-state index in [0.717, 1.165) is 5.82 Å². The number of nitrogens with two attached hydrogens (primary N) is 1. The number of primary amides is 1. The Labute approximate surface area is 202 Å². The van der Waals surface area contributed by atoms with Crippen molar-refractivity contribution in [2.24, 2.45) is 5.73 Å². The Kier molecular flexibility index (Phi) is 6.99. The molecule has 0 radical (unpaired) electrons. The molecule has 2 atom stereocenters. The van der Waals surface area contributed by atoms with Crippen LogP contribution >= 0.6 is 0 Å². The first kappa shape index (κ1) is 24.6. The molecule has 0 bridgehead atoms. The monoisotopic (exact) mass is 486 g/mol. The maximum Gasteiger partial charge on any atom is 0.522 e. The number of ether oxygens (including phenoxy) is 2. The molecule has 2 N–H and O–H groups in total. The maximum atomic E-state index is 15.2. The number of aromatic nitrogens is 1. The molecule has 2 unspecified atom stereocenters. The summed E-state index contributed by atoms with van der Waals surface area (Å²) in [5.74, 6) is -0.697. The zero-order chi connectivity index (χ0) is 25.2. The van der Waals surface area contributed by atoms with E-state index in [-0.39, 0.29) is 25.7 Å². The minimum Gasteiger partial charge on any atom is -0.468 e. The van der Waals surface area contributed by atoms with Gasteiger partial charge in [0.15, 0.2) is 6.04 Å². The van der Waals surface area contributed by atoms with E-state index >= 15 is 4.39 Å². The van der Waals surface area contributed by atoms with Crippen LogP contribution in [0.15, 0.2) is 36.5 Å². The molecule has 10 nitrogen and oxygen atoms in total. The molecule has 0 saturated carbocycles. The number of cyclic esters (lactones) is 1. The zero-order valence-electron chi connectivity index (χ0n) is 19.8. The second-order valence-electron chi connectivity index (χ2n) is 8.69. The highest BCUT2D eigenvalue weighted by Gasteiger charge is 2.53. The highest BCUT2D eigenvalue weighted by atomic mass is 19.1. The van der Waals surface area contributed by atoms with Crippen molar-refractivity contribution < 1.29 is 28.2 Å². The molecule has 2 saturated heterocycles. The fourth-order valence-electron chi connectivity index (χ4n) is 4.61. The number of nitrogens with zero attached hydrogens (tertiary/aromatic N) is 4. The number of piperazine rings is 1. The van der Waals surface area contributed by atoms with Gasteiger partial charge >= 0.3 is 12.1 Å². The predicted octanol–water partition coefficient (Wildman–Crippen LogP) is 1.51. The van der Waals surface area contributed by atoms with E-state index in [4.69, 9.17) is 15.2 Å². The van der Waals surface area contributed by atoms with Crippen LogP contribution in [-0.4, -0.2) is 86.9 Å². The number of quaternary nitrogens is 1. The second kappa shape index (κ2) is 9.96. The normalized spacial score (nSPS) is 21.5. The van der Waals surface area contributed by atoms with Crippen molar-refractivity contribution >= 4 is 29.5 Å². The number of esters is 1. The Hall–Kier alpha value is -3.57. The van der Waals surface area contributed by atoms with Crippen molar-refractivity contribution in [1.82, 2.24) is 14.4 Å². The number of halogens is 1. The van der Waals surface area contributed by atoms with Crippen LogP contribution in [0.25, 0.3) is 11.1 Å². The standard InChI is InChI=1S/C24H28FN5O5/c1-16(23(26)32)30(11-12-35-24(30)33)18-4-5-19(20(25)13-18)17-3-6-21(27-14-17)29-9-7-28(8-10-29)15-22(31)34-2/h3-6,13-14,16H,7-12,15H2,1-2H3,(H-,26,32)/p+1. The van der Waals surface area contributed by atoms with E-state index in [1.165, 1.54) is 13.2 Å². The Morgan fingerprint density at radius 3 is 2.51 bits per heavy atom. The van der Waals surface area contributed by atoms with Gasteiger partial charge in [0.1, 0.15) is 30.5 Å². The first-order valence-corrected chi connectivity index (χ1v) is 11.4. The van der Waals surface area contributed by atoms with Gasteiger partial charge in [0.2, 0.25) is 0 Å². The van der Waals surface area contributed by atoms with Crippen molar-refractivity contribution in [2.45, 2.75) is 13.0 Å². The lowest BCUT2D eigenvalue weighted by Crippen LogP contribution is -2.61. The summed E-state index contributed by atoms with van der Waals surface area (Å²) in [6.45, 7) is 4.97. The van der Waals surface area contributed by atoms with Crippen LogP contribution in [0.3, 0.4) is 0 Å². The highest BCUT2D eigenvalue weighted by molar-refractivity contribution is 5.93. The van der Waals surface area contributed by atoms with Gasteiger partial charge in [-0.15, -0.1) is 0 Å². The number of amides is 2. The summed E-state index contributed by atoms with van der Waals surface area (Å²) in [6.07, 6.45) is 0.982. The minimum absolute atomic E-state index is 0.127. The van der Waals surface area contributed by atoms with Gasteiger partial charge in [-0.05, 0) is 25.1 Å². The quantitative estimate of drug-likeness (QED) is 0.463. The van der Waals surface area contributed by atoms with Gasteiger partial charge in [-0.25, -0.2) is 9.37 Å². The van der Waals surface area contributed by atoms with Crippen LogP contribution in [0.5, 0.6) is 0 Å². The van der Waals surface area contributed by atoms with E-state index in [1.54, 1.807) is 31.3 Å². The molecule has 1 aromatic heterocycles. The largest absolute Gasteiger partial charge is 0.522 e. The lowest BCUT2D eigenvalue weighted by molar-refractivity contribution is -0.142. The summed E-state index contributed by atoms with van der Waals surface area (Å²) in [6, 6.07) is 7.19. The van der Waals surface area contributed by atoms with E-state index in [9.17, 15) is 14.4 Å². The SMILES string of the molecule is COC(=O)CN1CCN(c2ccc(-c3ccc([N+]4(C(C)C(N)=O)CCOC4=O)cc3F)cn2)CC1. The Bertz CT molecular complexity index is 1120. The number of hydrogen-bond donors (Lipinski definition) is 1. The molecule has 0 aliphatic carbocycles. The molecule has 186 valence electrons. The second-order valence-corrected chi connectivity index (χ2v) is 8.69. The fraction of sp³-hybridized carbons (Fsp3) is 0.417. The lowest BCUT2D eigenvalue weighted by Gasteiger charge is -2.34. The third kappa shape index (κ3) is 4.69. The molecule has 11 heteroatoms. The molecular weight excluding hydrogens is 457 g/mol. The van der Waals surface area contributed by atoms with Crippen molar-refractivity contribution in [3.05, 3.63) is 42.3 Å². The maximum absolute atomic E-state index is 15.2. The first-order valence-electron chi connectivity index (χ1n) is 11.4. The summed E-state index contributed by atoms with van der Waals surface area (Å²) in [7, 11) is 1.38. The van der Waals surface area contributed by atoms with Gasteiger partial charge in [-0.3, -0.25) is 14.5 Å². The van der Waals surface area contributed by atoms with Gasteiger partial charge in [0.05, 0.1) is 13.7 Å². The molecule has 35 heavy (non-hydrogen) atoms. The zero-order valence-corrected chi connectivity index (χ0v) is 19.8. The first-order chi connectivity index (χ1) is 16.8. The molecule has 2 fully saturated rings. The predicted molar refractivity (Wildman–Crippen MR) is 127 cm³/mol. The van der Waals surface area contributed by atoms with Crippen LogP contribution in [0.2, 0.25) is 0 Å². The van der Waals surface area contributed by atoms with E-state index in [2.05, 4.69) is 9.88 Å². The Balaban J connectivity index is 1.50. The smallest absolute Gasteiger partial charge is 0.468 e. The number of methoxy groups -OCH3 is 1. The van der Waals surface area contributed by atoms with Gasteiger partial charge in [0.25, 0.3) is 5.91 Å². The summed E-state index contributed by atoms with van der Waals surface area (Å²) >= 11 is 0. The third-order valence-corrected chi connectivity index (χ3v) is 6.82. The van der Waals surface area contributed by atoms with Crippen molar-refractivity contribution in [3.63, 3.8) is 0 Å². The summed E-state index contributed by atoms with van der Waals surface area (Å²) in [5.41, 5.74) is 6.70. The molecule has 2 aliphatic heterocycles. The molecule has 2 amide bonds. The van der Waals surface area contributed by atoms with Crippen molar-refractivity contribution in [3.8, 4) is 11.1 Å². The van der Waals surface area contributed by atoms with Crippen LogP contribution in [0, 0.1) is 5.82 Å². The number of anilines is 1. The number of benzene rings is 1. The van der Waals surface area contributed by atoms with Crippen molar-refractivity contribution in [2.75, 3.05) is 57.9 Å². The molecule has 0 spiro atoms. The van der Waals surface area contributed by atoms with Crippen LogP contribution in [0.1, 0.15) is 6.92 Å².